The number of nitrogens with two attached hydrogens (primary N) is 1. The van der Waals surface area contributed by atoms with Crippen LogP contribution in [0.25, 0.3) is 0 Å². The number of fused-ring (bicyclic) bond motifs is 1. The van der Waals surface area contributed by atoms with Crippen molar-refractivity contribution in [2.45, 2.75) is 26.8 Å². The van der Waals surface area contributed by atoms with Gasteiger partial charge < -0.3 is 5.73 Å². The topological polar surface area (TPSA) is 63.4 Å². The van der Waals surface area contributed by atoms with Gasteiger partial charge in [0.1, 0.15) is 0 Å². The Balaban J connectivity index is 1.95. The van der Waals surface area contributed by atoms with Crippen LogP contribution >= 0.6 is 0 Å². The van der Waals surface area contributed by atoms with Gasteiger partial charge in [0.15, 0.2) is 0 Å². The highest BCUT2D eigenvalue weighted by Crippen LogP contribution is 2.63. The molecule has 0 radical (unpaired) electrons. The summed E-state index contributed by atoms with van der Waals surface area (Å²) in [7, 11) is 0. The maximum Gasteiger partial charge on any atom is 0.238 e. The lowest BCUT2D eigenvalue weighted by Crippen LogP contribution is -2.36. The molecule has 19 heavy (non-hydrogen) atoms. The molecule has 3 atom stereocenters. The highest BCUT2D eigenvalue weighted by Gasteiger charge is 2.72. The van der Waals surface area contributed by atoms with E-state index in [0.717, 1.165) is 5.56 Å². The summed E-state index contributed by atoms with van der Waals surface area (Å²) in [5.41, 5.74) is 7.25. The zero-order chi connectivity index (χ0) is 13.9. The van der Waals surface area contributed by atoms with Crippen LogP contribution in [0, 0.1) is 17.3 Å². The van der Waals surface area contributed by atoms with Crippen molar-refractivity contribution in [1.29, 1.82) is 0 Å². The van der Waals surface area contributed by atoms with Crippen molar-refractivity contribution in [3.63, 3.8) is 0 Å². The third-order valence-electron chi connectivity index (χ3n) is 4.45. The Hall–Kier alpha value is -1.68. The summed E-state index contributed by atoms with van der Waals surface area (Å²) in [5.74, 6) is -0.415. The fourth-order valence-electron chi connectivity index (χ4n) is 3.15. The first-order valence-electron chi connectivity index (χ1n) is 6.59. The quantitative estimate of drug-likeness (QED) is 0.823. The van der Waals surface area contributed by atoms with Crippen LogP contribution in [0.15, 0.2) is 24.3 Å². The van der Waals surface area contributed by atoms with Gasteiger partial charge in [0.05, 0.1) is 17.5 Å². The zero-order valence-corrected chi connectivity index (χ0v) is 11.4. The van der Waals surface area contributed by atoms with Crippen molar-refractivity contribution >= 4 is 17.5 Å². The summed E-state index contributed by atoms with van der Waals surface area (Å²) >= 11 is 0. The maximum absolute atomic E-state index is 12.3. The Kier molecular flexibility index (Phi) is 2.39. The van der Waals surface area contributed by atoms with Crippen LogP contribution in [-0.2, 0) is 9.59 Å². The van der Waals surface area contributed by atoms with E-state index in [1.807, 2.05) is 39.0 Å². The van der Waals surface area contributed by atoms with Crippen molar-refractivity contribution in [3.05, 3.63) is 29.8 Å². The zero-order valence-electron chi connectivity index (χ0n) is 11.4. The Bertz CT molecular complexity index is 553. The predicted octanol–water partition coefficient (Wildman–Crippen LogP) is 1.85. The number of anilines is 1. The molecule has 2 fully saturated rings. The lowest BCUT2D eigenvalue weighted by atomic mass is 10.0. The summed E-state index contributed by atoms with van der Waals surface area (Å²) in [6.45, 7) is 5.84. The number of nitrogens with zero attached hydrogens (tertiary/aromatic N) is 1. The number of benzene rings is 1. The van der Waals surface area contributed by atoms with Crippen molar-refractivity contribution in [3.8, 4) is 0 Å². The summed E-state index contributed by atoms with van der Waals surface area (Å²) in [4.78, 5) is 26.0. The molecule has 0 bridgehead atoms. The SMILES string of the molecule is CC(N)c1cccc(N2C(=O)C3C(C2=O)C3(C)C)c1. The molecule has 3 rings (SSSR count). The summed E-state index contributed by atoms with van der Waals surface area (Å²) < 4.78 is 0. The molecule has 2 amide bonds. The molecule has 2 aliphatic rings. The van der Waals surface area contributed by atoms with Crippen LogP contribution in [-0.4, -0.2) is 11.8 Å². The van der Waals surface area contributed by atoms with Crippen molar-refractivity contribution in [2.24, 2.45) is 23.0 Å². The second-order valence-electron chi connectivity index (χ2n) is 6.17. The fourth-order valence-corrected chi connectivity index (χ4v) is 3.15. The van der Waals surface area contributed by atoms with E-state index in [4.69, 9.17) is 5.73 Å². The van der Waals surface area contributed by atoms with Gasteiger partial charge in [-0.2, -0.15) is 0 Å². The first-order valence-corrected chi connectivity index (χ1v) is 6.59. The van der Waals surface area contributed by atoms with Gasteiger partial charge in [-0.1, -0.05) is 26.0 Å². The van der Waals surface area contributed by atoms with Gasteiger partial charge in [0.2, 0.25) is 11.8 Å². The smallest absolute Gasteiger partial charge is 0.238 e. The number of rotatable bonds is 2. The molecular formula is C15H18N2O2. The van der Waals surface area contributed by atoms with Crippen LogP contribution in [0.5, 0.6) is 0 Å². The second-order valence-corrected chi connectivity index (χ2v) is 6.17. The highest BCUT2D eigenvalue weighted by molar-refractivity contribution is 6.25. The molecule has 1 aliphatic carbocycles. The summed E-state index contributed by atoms with van der Waals surface area (Å²) in [6.07, 6.45) is 0. The lowest BCUT2D eigenvalue weighted by Gasteiger charge is -2.21. The minimum absolute atomic E-state index is 0.0678. The number of carbonyl (C=O) groups excluding carboxylic acids is 2. The van der Waals surface area contributed by atoms with Gasteiger partial charge in [0.25, 0.3) is 0 Å². The summed E-state index contributed by atoms with van der Waals surface area (Å²) in [5, 5.41) is 0. The van der Waals surface area contributed by atoms with E-state index in [2.05, 4.69) is 0 Å². The molecule has 1 aliphatic heterocycles. The monoisotopic (exact) mass is 258 g/mol. The minimum atomic E-state index is -0.163. The molecule has 0 spiro atoms. The average molecular weight is 258 g/mol. The molecule has 4 heteroatoms. The number of hydrogen-bond donors (Lipinski definition) is 1. The van der Waals surface area contributed by atoms with Gasteiger partial charge in [-0.25, -0.2) is 0 Å². The lowest BCUT2D eigenvalue weighted by molar-refractivity contribution is -0.125. The van der Waals surface area contributed by atoms with Crippen molar-refractivity contribution in [1.82, 2.24) is 0 Å². The molecular weight excluding hydrogens is 240 g/mol. The van der Waals surface area contributed by atoms with Gasteiger partial charge in [-0.15, -0.1) is 0 Å². The largest absolute Gasteiger partial charge is 0.324 e. The van der Waals surface area contributed by atoms with E-state index < -0.39 is 0 Å². The van der Waals surface area contributed by atoms with E-state index in [1.165, 1.54) is 4.90 Å². The second kappa shape index (κ2) is 3.67. The maximum atomic E-state index is 12.3. The molecule has 3 unspecified atom stereocenters. The van der Waals surface area contributed by atoms with Crippen LogP contribution in [0.3, 0.4) is 0 Å². The number of imide groups is 1. The van der Waals surface area contributed by atoms with Crippen LogP contribution in [0.2, 0.25) is 0 Å². The van der Waals surface area contributed by atoms with Crippen LogP contribution < -0.4 is 10.6 Å². The Labute approximate surface area is 112 Å². The summed E-state index contributed by atoms with van der Waals surface area (Å²) in [6, 6.07) is 7.25. The molecule has 100 valence electrons. The van der Waals surface area contributed by atoms with E-state index in [9.17, 15) is 9.59 Å². The normalized spacial score (nSPS) is 29.4. The number of hydrogen-bond acceptors (Lipinski definition) is 3. The fraction of sp³-hybridized carbons (Fsp3) is 0.467. The first kappa shape index (κ1) is 12.4. The Morgan fingerprint density at radius 3 is 2.32 bits per heavy atom. The van der Waals surface area contributed by atoms with E-state index in [1.54, 1.807) is 6.07 Å². The van der Waals surface area contributed by atoms with Crippen LogP contribution in [0.1, 0.15) is 32.4 Å². The van der Waals surface area contributed by atoms with E-state index >= 15 is 0 Å². The van der Waals surface area contributed by atoms with E-state index in [-0.39, 0.29) is 35.1 Å². The molecule has 2 N–H and O–H groups in total. The van der Waals surface area contributed by atoms with Gasteiger partial charge in [-0.05, 0) is 30.0 Å². The molecule has 1 saturated carbocycles. The highest BCUT2D eigenvalue weighted by atomic mass is 16.2. The number of amides is 2. The van der Waals surface area contributed by atoms with Gasteiger partial charge >= 0.3 is 0 Å². The molecule has 1 heterocycles. The first-order chi connectivity index (χ1) is 8.85. The van der Waals surface area contributed by atoms with Gasteiger partial charge in [0, 0.05) is 6.04 Å². The van der Waals surface area contributed by atoms with Crippen molar-refractivity contribution in [2.75, 3.05) is 4.90 Å². The minimum Gasteiger partial charge on any atom is -0.324 e. The molecule has 1 aromatic carbocycles. The van der Waals surface area contributed by atoms with E-state index in [0.29, 0.717) is 5.69 Å². The number of carbonyl (C=O) groups is 2. The number of piperidine rings is 1. The van der Waals surface area contributed by atoms with Gasteiger partial charge in [-0.3, -0.25) is 14.5 Å². The Morgan fingerprint density at radius 2 is 1.79 bits per heavy atom. The molecule has 1 saturated heterocycles. The predicted molar refractivity (Wildman–Crippen MR) is 72.3 cm³/mol. The standard InChI is InChI=1S/C15H18N2O2/c1-8(16)9-5-4-6-10(7-9)17-13(18)11-12(14(17)19)15(11,2)3/h4-8,11-12H,16H2,1-3H3. The average Bonchev–Trinajstić information content (AvgIpc) is 2.79. The molecule has 4 nitrogen and oxygen atoms in total. The van der Waals surface area contributed by atoms with Crippen molar-refractivity contribution < 1.29 is 9.59 Å². The van der Waals surface area contributed by atoms with Crippen LogP contribution in [0.4, 0.5) is 5.69 Å². The third kappa shape index (κ3) is 1.56. The third-order valence-corrected chi connectivity index (χ3v) is 4.45. The Morgan fingerprint density at radius 1 is 1.21 bits per heavy atom. The molecule has 0 aromatic heterocycles. The molecule has 1 aromatic rings.